The van der Waals surface area contributed by atoms with Crippen molar-refractivity contribution in [2.75, 3.05) is 62.4 Å². The molecule has 0 unspecified atom stereocenters. The third-order valence-electron chi connectivity index (χ3n) is 17.3. The molecule has 0 aliphatic carbocycles. The van der Waals surface area contributed by atoms with E-state index in [9.17, 15) is 82.8 Å². The van der Waals surface area contributed by atoms with E-state index in [1.165, 1.54) is 79.8 Å². The van der Waals surface area contributed by atoms with Crippen molar-refractivity contribution < 1.29 is 82.8 Å². The molecule has 0 saturated carbocycles. The van der Waals surface area contributed by atoms with Gasteiger partial charge >= 0.3 is 5.97 Å². The minimum atomic E-state index is -1.73. The molecule has 0 aliphatic heterocycles. The van der Waals surface area contributed by atoms with Gasteiger partial charge in [0.15, 0.2) is 0 Å². The molecule has 0 rings (SSSR count). The summed E-state index contributed by atoms with van der Waals surface area (Å²) in [6.07, 6.45) is -0.0534. The van der Waals surface area contributed by atoms with Crippen LogP contribution in [0.25, 0.3) is 0 Å². The number of likely N-dealkylation sites (N-methyl/N-ethyl adjacent to an activating group) is 7. The maximum absolute atomic E-state index is 14.9. The maximum Gasteiger partial charge on any atom is 0.323 e. The molecule has 0 aromatic heterocycles. The van der Waals surface area contributed by atoms with E-state index < -0.39 is 187 Å². The Morgan fingerprint density at radius 2 is 0.788 bits per heavy atom. The first-order chi connectivity index (χ1) is 45.5. The Hall–Kier alpha value is -7.31. The minimum Gasteiger partial charge on any atom is -0.480 e. The van der Waals surface area contributed by atoms with Crippen LogP contribution in [0.4, 0.5) is 0 Å². The second-order valence-corrected chi connectivity index (χ2v) is 29.3. The van der Waals surface area contributed by atoms with E-state index in [2.05, 4.69) is 26.6 Å². The van der Waals surface area contributed by atoms with Gasteiger partial charge in [0.1, 0.15) is 73.0 Å². The lowest BCUT2D eigenvalue weighted by Crippen LogP contribution is -2.64. The average molecular weight is 1410 g/mol. The van der Waals surface area contributed by atoms with Crippen LogP contribution in [-0.2, 0) is 62.3 Å². The van der Waals surface area contributed by atoms with E-state index in [0.29, 0.717) is 0 Å². The zero-order chi connectivity index (χ0) is 77.3. The molecule has 0 aromatic carbocycles. The fourth-order valence-corrected chi connectivity index (χ4v) is 11.4. The number of aliphatic carboxylic acids is 1. The van der Waals surface area contributed by atoms with Crippen molar-refractivity contribution in [3.05, 3.63) is 12.2 Å². The van der Waals surface area contributed by atoms with Crippen LogP contribution in [0.1, 0.15) is 163 Å². The summed E-state index contributed by atoms with van der Waals surface area (Å²) in [5.41, 5.74) is 5.82. The lowest BCUT2D eigenvalue weighted by molar-refractivity contribution is -0.155. The van der Waals surface area contributed by atoms with Gasteiger partial charge in [-0.25, -0.2) is 0 Å². The lowest BCUT2D eigenvalue weighted by Gasteiger charge is -2.40. The molecular weight excluding hydrogens is 1280 g/mol. The first-order valence-corrected chi connectivity index (χ1v) is 34.5. The van der Waals surface area contributed by atoms with E-state index in [4.69, 9.17) is 5.73 Å². The quantitative estimate of drug-likeness (QED) is 0.0373. The predicted molar refractivity (Wildman–Crippen MR) is 375 cm³/mol. The van der Waals surface area contributed by atoms with Crippen LogP contribution in [0.3, 0.4) is 0 Å². The first-order valence-electron chi connectivity index (χ1n) is 34.5. The number of aliphatic hydroxyl groups is 3. The number of nitrogens with one attached hydrogen (secondary N) is 5. The third-order valence-corrected chi connectivity index (χ3v) is 17.3. The molecule has 99 heavy (non-hydrogen) atoms. The number of rotatable bonds is 42. The van der Waals surface area contributed by atoms with E-state index in [1.54, 1.807) is 39.8 Å². The molecule has 0 saturated heterocycles. The van der Waals surface area contributed by atoms with Gasteiger partial charge in [-0.15, -0.1) is 0 Å². The average Bonchev–Trinajstić information content (AvgIpc) is 0.806. The van der Waals surface area contributed by atoms with E-state index >= 15 is 0 Å². The lowest BCUT2D eigenvalue weighted by atomic mass is 9.91. The highest BCUT2D eigenvalue weighted by atomic mass is 16.4. The van der Waals surface area contributed by atoms with Crippen molar-refractivity contribution >= 4 is 76.9 Å². The van der Waals surface area contributed by atoms with E-state index in [-0.39, 0.29) is 68.1 Å². The molecule has 0 fully saturated rings. The van der Waals surface area contributed by atoms with E-state index in [0.717, 1.165) is 31.5 Å². The molecule has 15 atom stereocenters. The molecule has 0 heterocycles. The molecule has 12 amide bonds. The highest BCUT2D eigenvalue weighted by Gasteiger charge is 2.45. The summed E-state index contributed by atoms with van der Waals surface area (Å²) in [6.45, 7) is 29.1. The molecule has 30 nitrogen and oxygen atoms in total. The van der Waals surface area contributed by atoms with Crippen molar-refractivity contribution in [1.29, 1.82) is 0 Å². The Balaban J connectivity index is 6.98. The van der Waals surface area contributed by atoms with Gasteiger partial charge in [0, 0.05) is 49.3 Å². The SMILES string of the molecule is C/C=C/C[C@@H](C)[C@@H](O)[C@@H](C(=O)N[C@H](C(=O)N(C)CC(=O)O)[C@@H](C)O)N(C)C(=O)[C@H](C(C)C)N(C)C(=O)[C@H](CC(C)C)NC(=O)[C@H](CC(C)C)N(C)C(=O)[C@@H](C)NC(=O)[C@H](C)NC(=O)[C@H](CC(C)C)N(C)C(=O)[C@H](CC(C)C)NC(=O)[C@H](CC(C)C)N(C)C(=O)CN(C)C(=O)[C@@H](N)[C@@H](C)O. The van der Waals surface area contributed by atoms with Gasteiger partial charge in [-0.2, -0.15) is 0 Å². The largest absolute Gasteiger partial charge is 0.480 e. The van der Waals surface area contributed by atoms with Gasteiger partial charge in [-0.05, 0) is 115 Å². The first kappa shape index (κ1) is 91.7. The summed E-state index contributed by atoms with van der Waals surface area (Å²) < 4.78 is 0. The number of nitrogens with zero attached hydrogens (tertiary/aromatic N) is 7. The number of amides is 12. The summed E-state index contributed by atoms with van der Waals surface area (Å²) in [6, 6.07) is -14.6. The van der Waals surface area contributed by atoms with Crippen LogP contribution in [0, 0.1) is 41.4 Å². The minimum absolute atomic E-state index is 0.0501. The standard InChI is InChI=1S/C69H125N13O17/c1-26-27-28-42(14)58(88)57(63(93)75-55(46(18)84)68(98)77(20)35-53(86)87)82(25)69(99)56(41(12)13)81(24)66(96)48(30-37(4)5)74-62(92)51(33-40(10)11)79(22)64(94)44(16)72-59(89)43(15)71-60(90)50(32-39(8)9)80(23)65(95)47(29-36(2)3)73-61(91)49(31-38(6)7)78(21)52(85)34-76(19)67(97)54(70)45(17)83/h26-27,36-51,54-58,83-84,88H,28-35,70H2,1-25H3,(H,71,90)(H,72,89)(H,73,91)(H,74,92)(H,75,93)(H,86,87)/b27-26+/t42-,43+,44-,45-,46-,47+,48+,49+,50+,51+,54+,55+,56+,57+,58-/m1/s1. The van der Waals surface area contributed by atoms with Crippen LogP contribution in [-0.4, -0.2) is 279 Å². The Morgan fingerprint density at radius 1 is 0.404 bits per heavy atom. The second-order valence-electron chi connectivity index (χ2n) is 29.3. The topological polar surface area (TPSA) is 412 Å². The van der Waals surface area contributed by atoms with Gasteiger partial charge in [-0.3, -0.25) is 62.3 Å². The Labute approximate surface area is 588 Å². The Morgan fingerprint density at radius 3 is 1.18 bits per heavy atom. The zero-order valence-corrected chi connectivity index (χ0v) is 63.7. The maximum atomic E-state index is 14.9. The number of carbonyl (C=O) groups is 13. The van der Waals surface area contributed by atoms with Crippen LogP contribution >= 0.6 is 0 Å². The van der Waals surface area contributed by atoms with Crippen LogP contribution in [0.5, 0.6) is 0 Å². The molecule has 0 bridgehead atoms. The number of carboxylic acid groups (broad SMARTS) is 1. The molecule has 0 aliphatic rings. The molecule has 0 radical (unpaired) electrons. The van der Waals surface area contributed by atoms with Gasteiger partial charge in [0.25, 0.3) is 0 Å². The van der Waals surface area contributed by atoms with Crippen molar-refractivity contribution in [3.63, 3.8) is 0 Å². The summed E-state index contributed by atoms with van der Waals surface area (Å²) in [5, 5.41) is 55.1. The van der Waals surface area contributed by atoms with Gasteiger partial charge in [0.05, 0.1) is 24.9 Å². The van der Waals surface area contributed by atoms with Crippen LogP contribution in [0.15, 0.2) is 12.2 Å². The van der Waals surface area contributed by atoms with E-state index in [1.807, 2.05) is 69.2 Å². The highest BCUT2D eigenvalue weighted by Crippen LogP contribution is 2.24. The fourth-order valence-electron chi connectivity index (χ4n) is 11.4. The zero-order valence-electron chi connectivity index (χ0n) is 63.7. The van der Waals surface area contributed by atoms with Crippen molar-refractivity contribution in [2.24, 2.45) is 47.2 Å². The number of carboxylic acids is 1. The molecule has 30 heteroatoms. The van der Waals surface area contributed by atoms with Crippen LogP contribution in [0.2, 0.25) is 0 Å². The third kappa shape index (κ3) is 29.1. The summed E-state index contributed by atoms with van der Waals surface area (Å²) in [4.78, 5) is 189. The molecule has 568 valence electrons. The smallest absolute Gasteiger partial charge is 0.323 e. The summed E-state index contributed by atoms with van der Waals surface area (Å²) in [7, 11) is 9.30. The van der Waals surface area contributed by atoms with Crippen LogP contribution < -0.4 is 32.3 Å². The van der Waals surface area contributed by atoms with Crippen molar-refractivity contribution in [2.45, 2.75) is 248 Å². The fraction of sp³-hybridized carbons (Fsp3) is 0.783. The number of allylic oxidation sites excluding steroid dienone is 2. The van der Waals surface area contributed by atoms with Gasteiger partial charge < -0.3 is 87.0 Å². The number of carbonyl (C=O) groups excluding carboxylic acids is 12. The summed E-state index contributed by atoms with van der Waals surface area (Å²) in [5.74, 6) is -12.7. The number of aliphatic hydroxyl groups excluding tert-OH is 3. The molecular formula is C69H125N13O17. The Bertz CT molecular complexity index is 2740. The summed E-state index contributed by atoms with van der Waals surface area (Å²) >= 11 is 0. The van der Waals surface area contributed by atoms with Gasteiger partial charge in [0.2, 0.25) is 70.9 Å². The number of hydrogen-bond donors (Lipinski definition) is 10. The second kappa shape index (κ2) is 42.7. The Kier molecular flexibility index (Phi) is 39.6. The van der Waals surface area contributed by atoms with Crippen molar-refractivity contribution in [3.8, 4) is 0 Å². The molecule has 11 N–H and O–H groups in total. The molecule has 0 spiro atoms. The number of nitrogens with two attached hydrogens (primary N) is 1. The number of hydrogen-bond acceptors (Lipinski definition) is 17. The highest BCUT2D eigenvalue weighted by molar-refractivity contribution is 5.99. The normalized spacial score (nSPS) is 16.3. The monoisotopic (exact) mass is 1410 g/mol. The molecule has 0 aromatic rings. The predicted octanol–water partition coefficient (Wildman–Crippen LogP) is 0.525. The van der Waals surface area contributed by atoms with Gasteiger partial charge in [-0.1, -0.05) is 102 Å². The van der Waals surface area contributed by atoms with Crippen molar-refractivity contribution in [1.82, 2.24) is 60.9 Å².